The summed E-state index contributed by atoms with van der Waals surface area (Å²) >= 11 is 1.67. The third-order valence-corrected chi connectivity index (χ3v) is 7.08. The minimum atomic E-state index is -0.0514. The number of nitrogens with zero attached hydrogens (tertiary/aromatic N) is 1. The Morgan fingerprint density at radius 2 is 2.26 bits per heavy atom. The topological polar surface area (TPSA) is 59.9 Å². The van der Waals surface area contributed by atoms with Crippen LogP contribution in [0.5, 0.6) is 0 Å². The summed E-state index contributed by atoms with van der Waals surface area (Å²) in [5.74, 6) is 1.56. The molecule has 2 bridgehead atoms. The lowest BCUT2D eigenvalue weighted by Gasteiger charge is -2.24. The summed E-state index contributed by atoms with van der Waals surface area (Å²) < 4.78 is 11.6. The lowest BCUT2D eigenvalue weighted by molar-refractivity contribution is -0.162. The van der Waals surface area contributed by atoms with Crippen molar-refractivity contribution < 1.29 is 14.3 Å². The molecule has 152 valence electrons. The average Bonchev–Trinajstić information content (AvgIpc) is 3.25. The summed E-state index contributed by atoms with van der Waals surface area (Å²) in [7, 11) is 0. The van der Waals surface area contributed by atoms with Crippen molar-refractivity contribution in [3.63, 3.8) is 0 Å². The molecule has 27 heavy (non-hydrogen) atoms. The fourth-order valence-electron chi connectivity index (χ4n) is 4.59. The second-order valence-electron chi connectivity index (χ2n) is 8.30. The quantitative estimate of drug-likeness (QED) is 0.274. The number of hydrogen-bond acceptors (Lipinski definition) is 5. The molecule has 2 saturated carbocycles. The molecule has 0 spiro atoms. The number of hydrogen-bond donors (Lipinski definition) is 1. The Morgan fingerprint density at radius 1 is 1.37 bits per heavy atom. The SMILES string of the molecule is C=C(C)CC(CCOC1CCCCO1)SC(=N[C@H]1C[C@@H]2CC[C@H]1C2)NC=O. The molecule has 2 unspecified atom stereocenters. The number of allylic oxidation sites excluding steroid dienone is 1. The van der Waals surface area contributed by atoms with Gasteiger partial charge in [0.1, 0.15) is 0 Å². The van der Waals surface area contributed by atoms with Gasteiger partial charge in [-0.25, -0.2) is 0 Å². The van der Waals surface area contributed by atoms with E-state index >= 15 is 0 Å². The number of ether oxygens (including phenoxy) is 2. The number of thioether (sulfide) groups is 1. The van der Waals surface area contributed by atoms with Gasteiger partial charge in [-0.2, -0.15) is 0 Å². The van der Waals surface area contributed by atoms with Gasteiger partial charge in [-0.3, -0.25) is 9.79 Å². The van der Waals surface area contributed by atoms with Crippen LogP contribution < -0.4 is 5.32 Å². The van der Waals surface area contributed by atoms with Crippen LogP contribution >= 0.6 is 11.8 Å². The molecule has 5 atom stereocenters. The molecule has 0 aromatic rings. The first-order valence-electron chi connectivity index (χ1n) is 10.5. The number of amides is 1. The average molecular weight is 395 g/mol. The van der Waals surface area contributed by atoms with Crippen LogP contribution in [0.2, 0.25) is 0 Å². The smallest absolute Gasteiger partial charge is 0.213 e. The third-order valence-electron chi connectivity index (χ3n) is 5.90. The zero-order chi connectivity index (χ0) is 19.1. The van der Waals surface area contributed by atoms with Gasteiger partial charge in [-0.1, -0.05) is 23.8 Å². The van der Waals surface area contributed by atoms with E-state index in [9.17, 15) is 4.79 Å². The molecular weight excluding hydrogens is 360 g/mol. The maximum atomic E-state index is 11.1. The van der Waals surface area contributed by atoms with Crippen LogP contribution in [0.1, 0.15) is 64.7 Å². The molecular formula is C21H34N2O3S. The normalized spacial score (nSPS) is 31.7. The fraction of sp³-hybridized carbons (Fsp3) is 0.810. The molecule has 1 aliphatic heterocycles. The molecule has 2 aliphatic carbocycles. The van der Waals surface area contributed by atoms with Crippen molar-refractivity contribution in [1.82, 2.24) is 5.32 Å². The van der Waals surface area contributed by atoms with Crippen LogP contribution in [0, 0.1) is 11.8 Å². The number of aliphatic imine (C=N–C) groups is 1. The molecule has 5 nitrogen and oxygen atoms in total. The predicted molar refractivity (Wildman–Crippen MR) is 111 cm³/mol. The molecule has 1 N–H and O–H groups in total. The Kier molecular flexibility index (Phi) is 8.22. The van der Waals surface area contributed by atoms with Crippen molar-refractivity contribution in [3.8, 4) is 0 Å². The highest BCUT2D eigenvalue weighted by Gasteiger charge is 2.39. The standard InChI is InChI=1S/C21H34N2O3S/c1-15(2)11-18(8-10-26-20-5-3-4-9-25-20)27-21(22-14-24)23-19-13-16-6-7-17(19)12-16/h14,16-20H,1,3-13H2,2H3,(H,22,23,24)/t16-,17+,18?,19+,20?/m1/s1. The van der Waals surface area contributed by atoms with E-state index in [4.69, 9.17) is 14.5 Å². The van der Waals surface area contributed by atoms with Crippen molar-refractivity contribution in [2.24, 2.45) is 16.8 Å². The molecule has 3 aliphatic rings. The van der Waals surface area contributed by atoms with Crippen molar-refractivity contribution >= 4 is 23.3 Å². The Balaban J connectivity index is 1.53. The van der Waals surface area contributed by atoms with Gasteiger partial charge in [0, 0.05) is 11.9 Å². The number of amidine groups is 1. The van der Waals surface area contributed by atoms with E-state index in [1.54, 1.807) is 11.8 Å². The first-order valence-corrected chi connectivity index (χ1v) is 11.3. The van der Waals surface area contributed by atoms with Gasteiger partial charge in [-0.15, -0.1) is 6.58 Å². The second kappa shape index (κ2) is 10.6. The number of nitrogens with one attached hydrogen (secondary N) is 1. The second-order valence-corrected chi connectivity index (χ2v) is 9.58. The van der Waals surface area contributed by atoms with Crippen LogP contribution in [0.15, 0.2) is 17.1 Å². The van der Waals surface area contributed by atoms with E-state index < -0.39 is 0 Å². The summed E-state index contributed by atoms with van der Waals surface area (Å²) in [5.41, 5.74) is 1.15. The van der Waals surface area contributed by atoms with Crippen LogP contribution in [-0.2, 0) is 14.3 Å². The van der Waals surface area contributed by atoms with E-state index in [-0.39, 0.29) is 6.29 Å². The summed E-state index contributed by atoms with van der Waals surface area (Å²) in [6.07, 6.45) is 11.0. The minimum absolute atomic E-state index is 0.0514. The van der Waals surface area contributed by atoms with Crippen molar-refractivity contribution in [2.75, 3.05) is 13.2 Å². The zero-order valence-electron chi connectivity index (χ0n) is 16.5. The Hall–Kier alpha value is -0.850. The number of rotatable bonds is 9. The van der Waals surface area contributed by atoms with E-state index in [1.807, 2.05) is 0 Å². The van der Waals surface area contributed by atoms with Gasteiger partial charge in [0.15, 0.2) is 11.5 Å². The lowest BCUT2D eigenvalue weighted by atomic mass is 9.96. The fourth-order valence-corrected chi connectivity index (χ4v) is 5.80. The maximum absolute atomic E-state index is 11.1. The maximum Gasteiger partial charge on any atom is 0.213 e. The minimum Gasteiger partial charge on any atom is -0.353 e. The lowest BCUT2D eigenvalue weighted by Crippen LogP contribution is -2.27. The van der Waals surface area contributed by atoms with Crippen molar-refractivity contribution in [1.29, 1.82) is 0 Å². The van der Waals surface area contributed by atoms with Gasteiger partial charge < -0.3 is 14.8 Å². The Bertz CT molecular complexity index is 534. The first kappa shape index (κ1) is 20.9. The summed E-state index contributed by atoms with van der Waals surface area (Å²) in [6.45, 7) is 7.59. The van der Waals surface area contributed by atoms with Crippen molar-refractivity contribution in [3.05, 3.63) is 12.2 Å². The molecule has 1 amide bonds. The molecule has 0 aromatic carbocycles. The summed E-state index contributed by atoms with van der Waals surface area (Å²) in [5, 5.41) is 3.92. The molecule has 1 saturated heterocycles. The Labute approximate surface area is 167 Å². The van der Waals surface area contributed by atoms with Crippen LogP contribution in [0.3, 0.4) is 0 Å². The first-order chi connectivity index (χ1) is 13.1. The highest BCUT2D eigenvalue weighted by molar-refractivity contribution is 8.14. The van der Waals surface area contributed by atoms with E-state index in [2.05, 4.69) is 18.8 Å². The van der Waals surface area contributed by atoms with Crippen LogP contribution in [0.25, 0.3) is 0 Å². The monoisotopic (exact) mass is 394 g/mol. The van der Waals surface area contributed by atoms with Gasteiger partial charge in [0.2, 0.25) is 6.41 Å². The molecule has 1 heterocycles. The van der Waals surface area contributed by atoms with Gasteiger partial charge in [0.25, 0.3) is 0 Å². The van der Waals surface area contributed by atoms with Gasteiger partial charge in [-0.05, 0) is 70.1 Å². The van der Waals surface area contributed by atoms with E-state index in [0.29, 0.717) is 23.8 Å². The van der Waals surface area contributed by atoms with E-state index in [0.717, 1.165) is 55.4 Å². The number of fused-ring (bicyclic) bond motifs is 2. The predicted octanol–water partition coefficient (Wildman–Crippen LogP) is 4.28. The van der Waals surface area contributed by atoms with Crippen molar-refractivity contribution in [2.45, 2.75) is 82.3 Å². The van der Waals surface area contributed by atoms with Crippen LogP contribution in [-0.4, -0.2) is 42.4 Å². The molecule has 3 rings (SSSR count). The summed E-state index contributed by atoms with van der Waals surface area (Å²) in [4.78, 5) is 16.0. The zero-order valence-corrected chi connectivity index (χ0v) is 17.3. The van der Waals surface area contributed by atoms with Crippen LogP contribution in [0.4, 0.5) is 0 Å². The molecule has 3 fully saturated rings. The van der Waals surface area contributed by atoms with Gasteiger partial charge in [0.05, 0.1) is 12.6 Å². The van der Waals surface area contributed by atoms with E-state index in [1.165, 1.54) is 32.1 Å². The largest absolute Gasteiger partial charge is 0.353 e. The highest BCUT2D eigenvalue weighted by atomic mass is 32.2. The molecule has 0 aromatic heterocycles. The van der Waals surface area contributed by atoms with Gasteiger partial charge >= 0.3 is 0 Å². The Morgan fingerprint density at radius 3 is 2.89 bits per heavy atom. The highest BCUT2D eigenvalue weighted by Crippen LogP contribution is 2.46. The molecule has 6 heteroatoms. The number of carbonyl (C=O) groups excluding carboxylic acids is 1. The number of carbonyl (C=O) groups is 1. The molecule has 0 radical (unpaired) electrons. The third kappa shape index (κ3) is 6.61. The summed E-state index contributed by atoms with van der Waals surface area (Å²) in [6, 6.07) is 0.385.